The Morgan fingerprint density at radius 2 is 1.38 bits per heavy atom. The summed E-state index contributed by atoms with van der Waals surface area (Å²) in [6.07, 6.45) is 2.83. The number of nitrogens with one attached hydrogen (secondary N) is 1. The highest BCUT2D eigenvalue weighted by Crippen LogP contribution is 2.37. The van der Waals surface area contributed by atoms with Crippen molar-refractivity contribution in [3.63, 3.8) is 0 Å². The molecule has 2 amide bonds. The summed E-state index contributed by atoms with van der Waals surface area (Å²) < 4.78 is 0. The third-order valence-electron chi connectivity index (χ3n) is 8.82. The summed E-state index contributed by atoms with van der Waals surface area (Å²) in [6.45, 7) is 6.39. The van der Waals surface area contributed by atoms with Crippen molar-refractivity contribution in [1.29, 1.82) is 0 Å². The van der Waals surface area contributed by atoms with Crippen LogP contribution in [0.5, 0.6) is 0 Å². The van der Waals surface area contributed by atoms with Gasteiger partial charge in [0.05, 0.1) is 11.5 Å². The fourth-order valence-corrected chi connectivity index (χ4v) is 6.22. The molecule has 2 aliphatic rings. The van der Waals surface area contributed by atoms with Crippen molar-refractivity contribution in [2.45, 2.75) is 51.0 Å². The standard InChI is InChI=1S/C34H39N3O3/c1-25(27-9-5-3-6-10-27)35-33(40)34(30-11-7-4-8-12-30)19-23-37(24-20-34)32(39)29-17-21-36(22-18-29)31-15-13-28(14-16-31)26(2)38/h3-16,25,29H,17-24H2,1-2H3,(H,35,40). The minimum atomic E-state index is -0.656. The lowest BCUT2D eigenvalue weighted by atomic mass is 9.71. The molecular weight excluding hydrogens is 498 g/mol. The maximum Gasteiger partial charge on any atom is 0.231 e. The molecule has 1 N–H and O–H groups in total. The highest BCUT2D eigenvalue weighted by Gasteiger charge is 2.44. The Kier molecular flexibility index (Phi) is 8.34. The van der Waals surface area contributed by atoms with Crippen LogP contribution in [-0.4, -0.2) is 48.7 Å². The third-order valence-corrected chi connectivity index (χ3v) is 8.82. The fourth-order valence-electron chi connectivity index (χ4n) is 6.22. The van der Waals surface area contributed by atoms with E-state index in [4.69, 9.17) is 0 Å². The zero-order chi connectivity index (χ0) is 28.1. The maximum atomic E-state index is 13.9. The lowest BCUT2D eigenvalue weighted by Crippen LogP contribution is -2.54. The molecule has 3 aromatic carbocycles. The van der Waals surface area contributed by atoms with Gasteiger partial charge in [-0.3, -0.25) is 14.4 Å². The second-order valence-corrected chi connectivity index (χ2v) is 11.2. The van der Waals surface area contributed by atoms with E-state index in [0.717, 1.165) is 42.7 Å². The Balaban J connectivity index is 1.22. The highest BCUT2D eigenvalue weighted by molar-refractivity contribution is 5.94. The topological polar surface area (TPSA) is 69.7 Å². The van der Waals surface area contributed by atoms with E-state index < -0.39 is 5.41 Å². The van der Waals surface area contributed by atoms with Crippen LogP contribution in [-0.2, 0) is 15.0 Å². The van der Waals surface area contributed by atoms with Crippen LogP contribution < -0.4 is 10.2 Å². The molecule has 0 radical (unpaired) electrons. The molecule has 6 heteroatoms. The molecule has 208 valence electrons. The van der Waals surface area contributed by atoms with E-state index in [1.807, 2.05) is 96.8 Å². The van der Waals surface area contributed by atoms with E-state index in [0.29, 0.717) is 31.5 Å². The minimum absolute atomic E-state index is 0.00361. The van der Waals surface area contributed by atoms with Crippen molar-refractivity contribution in [1.82, 2.24) is 10.2 Å². The van der Waals surface area contributed by atoms with Gasteiger partial charge < -0.3 is 15.1 Å². The molecule has 2 fully saturated rings. The number of hydrogen-bond acceptors (Lipinski definition) is 4. The number of Topliss-reactive ketones (excluding diaryl/α,β-unsaturated/α-hetero) is 1. The average molecular weight is 538 g/mol. The fraction of sp³-hybridized carbons (Fsp3) is 0.382. The molecule has 0 aliphatic carbocycles. The van der Waals surface area contributed by atoms with Crippen molar-refractivity contribution in [3.05, 3.63) is 102 Å². The van der Waals surface area contributed by atoms with Crippen LogP contribution in [0.15, 0.2) is 84.9 Å². The van der Waals surface area contributed by atoms with Crippen LogP contribution in [0, 0.1) is 5.92 Å². The number of likely N-dealkylation sites (tertiary alicyclic amines) is 1. The predicted molar refractivity (Wildman–Crippen MR) is 158 cm³/mol. The summed E-state index contributed by atoms with van der Waals surface area (Å²) >= 11 is 0. The van der Waals surface area contributed by atoms with Crippen molar-refractivity contribution in [2.24, 2.45) is 5.92 Å². The molecule has 1 unspecified atom stereocenters. The molecule has 0 spiro atoms. The summed E-state index contributed by atoms with van der Waals surface area (Å²) in [5, 5.41) is 3.28. The Morgan fingerprint density at radius 1 is 0.800 bits per heavy atom. The first-order valence-corrected chi connectivity index (χ1v) is 14.4. The molecule has 2 aliphatic heterocycles. The van der Waals surface area contributed by atoms with E-state index in [1.165, 1.54) is 0 Å². The Morgan fingerprint density at radius 3 is 1.95 bits per heavy atom. The van der Waals surface area contributed by atoms with Gasteiger partial charge in [0.2, 0.25) is 11.8 Å². The van der Waals surface area contributed by atoms with Gasteiger partial charge in [-0.25, -0.2) is 0 Å². The Hall–Kier alpha value is -3.93. The number of anilines is 1. The zero-order valence-corrected chi connectivity index (χ0v) is 23.5. The molecular formula is C34H39N3O3. The zero-order valence-electron chi connectivity index (χ0n) is 23.5. The van der Waals surface area contributed by atoms with Gasteiger partial charge >= 0.3 is 0 Å². The van der Waals surface area contributed by atoms with Crippen molar-refractivity contribution >= 4 is 23.3 Å². The van der Waals surface area contributed by atoms with E-state index in [2.05, 4.69) is 10.2 Å². The van der Waals surface area contributed by atoms with Crippen LogP contribution in [0.4, 0.5) is 5.69 Å². The molecule has 0 saturated carbocycles. The number of amides is 2. The summed E-state index contributed by atoms with van der Waals surface area (Å²) in [5.41, 5.74) is 3.25. The minimum Gasteiger partial charge on any atom is -0.371 e. The summed E-state index contributed by atoms with van der Waals surface area (Å²) in [6, 6.07) is 27.7. The number of benzene rings is 3. The Bertz CT molecular complexity index is 1310. The summed E-state index contributed by atoms with van der Waals surface area (Å²) in [4.78, 5) is 43.3. The smallest absolute Gasteiger partial charge is 0.231 e. The Labute approximate surface area is 237 Å². The van der Waals surface area contributed by atoms with Gasteiger partial charge in [0.15, 0.2) is 5.78 Å². The highest BCUT2D eigenvalue weighted by atomic mass is 16.2. The lowest BCUT2D eigenvalue weighted by Gasteiger charge is -2.43. The van der Waals surface area contributed by atoms with Crippen LogP contribution >= 0.6 is 0 Å². The number of hydrogen-bond donors (Lipinski definition) is 1. The van der Waals surface area contributed by atoms with Crippen LogP contribution in [0.1, 0.15) is 67.1 Å². The molecule has 0 bridgehead atoms. The molecule has 2 saturated heterocycles. The quantitative estimate of drug-likeness (QED) is 0.402. The van der Waals surface area contributed by atoms with Crippen molar-refractivity contribution in [3.8, 4) is 0 Å². The largest absolute Gasteiger partial charge is 0.371 e. The van der Waals surface area contributed by atoms with Gasteiger partial charge in [-0.1, -0.05) is 60.7 Å². The molecule has 2 heterocycles. The molecule has 6 nitrogen and oxygen atoms in total. The second-order valence-electron chi connectivity index (χ2n) is 11.2. The van der Waals surface area contributed by atoms with Crippen LogP contribution in [0.3, 0.4) is 0 Å². The van der Waals surface area contributed by atoms with Gasteiger partial charge in [0, 0.05) is 43.3 Å². The molecule has 40 heavy (non-hydrogen) atoms. The third kappa shape index (κ3) is 5.81. The van der Waals surface area contributed by atoms with Gasteiger partial charge in [0.1, 0.15) is 0 Å². The second kappa shape index (κ2) is 12.1. The van der Waals surface area contributed by atoms with Gasteiger partial charge in [-0.05, 0) is 74.9 Å². The summed E-state index contributed by atoms with van der Waals surface area (Å²) in [7, 11) is 0. The monoisotopic (exact) mass is 537 g/mol. The predicted octanol–water partition coefficient (Wildman–Crippen LogP) is 5.54. The van der Waals surface area contributed by atoms with Crippen molar-refractivity contribution in [2.75, 3.05) is 31.1 Å². The normalized spacial score (nSPS) is 18.1. The lowest BCUT2D eigenvalue weighted by molar-refractivity contribution is -0.140. The number of carbonyl (C=O) groups is 3. The maximum absolute atomic E-state index is 13.9. The van der Waals surface area contributed by atoms with Crippen LogP contribution in [0.25, 0.3) is 0 Å². The van der Waals surface area contributed by atoms with E-state index in [-0.39, 0.29) is 29.6 Å². The van der Waals surface area contributed by atoms with Gasteiger partial charge in [-0.2, -0.15) is 0 Å². The first-order chi connectivity index (χ1) is 19.4. The van der Waals surface area contributed by atoms with E-state index in [1.54, 1.807) is 6.92 Å². The summed E-state index contributed by atoms with van der Waals surface area (Å²) in [5.74, 6) is 0.318. The average Bonchev–Trinajstić information content (AvgIpc) is 3.01. The number of ketones is 1. The molecule has 3 aromatic rings. The van der Waals surface area contributed by atoms with Gasteiger partial charge in [-0.15, -0.1) is 0 Å². The molecule has 0 aromatic heterocycles. The molecule has 1 atom stereocenters. The van der Waals surface area contributed by atoms with Crippen LogP contribution in [0.2, 0.25) is 0 Å². The first-order valence-electron chi connectivity index (χ1n) is 14.4. The SMILES string of the molecule is CC(=O)c1ccc(N2CCC(C(=O)N3CCC(C(=O)NC(C)c4ccccc4)(c4ccccc4)CC3)CC2)cc1. The number of nitrogens with zero attached hydrogens (tertiary/aromatic N) is 2. The van der Waals surface area contributed by atoms with E-state index in [9.17, 15) is 14.4 Å². The van der Waals surface area contributed by atoms with E-state index >= 15 is 0 Å². The number of piperidine rings is 2. The first kappa shape index (κ1) is 27.6. The molecule has 5 rings (SSSR count). The number of rotatable bonds is 7. The number of carbonyl (C=O) groups excluding carboxylic acids is 3. The van der Waals surface area contributed by atoms with Gasteiger partial charge in [0.25, 0.3) is 0 Å². The van der Waals surface area contributed by atoms with Crippen molar-refractivity contribution < 1.29 is 14.4 Å².